The highest BCUT2D eigenvalue weighted by atomic mass is 32.2. The third-order valence-corrected chi connectivity index (χ3v) is 5.11. The van der Waals surface area contributed by atoms with E-state index < -0.39 is 0 Å². The Morgan fingerprint density at radius 3 is 3.00 bits per heavy atom. The zero-order valence-electron chi connectivity index (χ0n) is 11.7. The van der Waals surface area contributed by atoms with Crippen molar-refractivity contribution < 1.29 is 9.90 Å². The van der Waals surface area contributed by atoms with Crippen LogP contribution in [0, 0.1) is 0 Å². The van der Waals surface area contributed by atoms with Gasteiger partial charge in [0.2, 0.25) is 0 Å². The maximum atomic E-state index is 11.9. The summed E-state index contributed by atoms with van der Waals surface area (Å²) in [6, 6.07) is 0. The second kappa shape index (κ2) is 8.47. The molecule has 8 heteroatoms. The first-order chi connectivity index (χ1) is 10.2. The van der Waals surface area contributed by atoms with Crippen LogP contribution in [0.1, 0.15) is 21.9 Å². The molecule has 0 aliphatic rings. The van der Waals surface area contributed by atoms with Crippen molar-refractivity contribution in [2.75, 3.05) is 25.2 Å². The topological polar surface area (TPSA) is 75.1 Å². The second-order valence-electron chi connectivity index (χ2n) is 4.24. The lowest BCUT2D eigenvalue weighted by Crippen LogP contribution is -2.25. The van der Waals surface area contributed by atoms with E-state index in [0.29, 0.717) is 18.7 Å². The summed E-state index contributed by atoms with van der Waals surface area (Å²) in [7, 11) is 0. The van der Waals surface area contributed by atoms with Crippen LogP contribution in [-0.4, -0.2) is 46.1 Å². The van der Waals surface area contributed by atoms with Crippen LogP contribution in [0.2, 0.25) is 0 Å². The minimum atomic E-state index is -0.135. The first kappa shape index (κ1) is 16.4. The molecule has 114 valence electrons. The zero-order valence-corrected chi connectivity index (χ0v) is 14.1. The molecule has 0 aliphatic heterocycles. The largest absolute Gasteiger partial charge is 0.396 e. The molecule has 0 aliphatic carbocycles. The summed E-state index contributed by atoms with van der Waals surface area (Å²) in [6.45, 7) is 0.762. The van der Waals surface area contributed by atoms with Crippen molar-refractivity contribution >= 4 is 40.3 Å². The van der Waals surface area contributed by atoms with E-state index in [1.54, 1.807) is 17.1 Å². The van der Waals surface area contributed by atoms with E-state index in [2.05, 4.69) is 15.3 Å². The smallest absolute Gasteiger partial charge is 0.270 e. The standard InChI is InChI=1S/C13H17N3O2S3/c1-19-6-2-4-14-12(18)9-7-21-13(16-9)10-8-20-11(15-10)3-5-17/h7-8,17H,2-6H2,1H3,(H,14,18). The van der Waals surface area contributed by atoms with E-state index in [9.17, 15) is 4.79 Å². The monoisotopic (exact) mass is 343 g/mol. The minimum Gasteiger partial charge on any atom is -0.396 e. The van der Waals surface area contributed by atoms with E-state index >= 15 is 0 Å². The Hall–Kier alpha value is -0.960. The first-order valence-electron chi connectivity index (χ1n) is 6.53. The molecule has 0 saturated carbocycles. The van der Waals surface area contributed by atoms with Crippen LogP contribution in [0.5, 0.6) is 0 Å². The molecule has 0 fully saturated rings. The average molecular weight is 343 g/mol. The molecular weight excluding hydrogens is 326 g/mol. The van der Waals surface area contributed by atoms with Crippen LogP contribution in [0.15, 0.2) is 10.8 Å². The molecule has 0 atom stereocenters. The molecule has 0 bridgehead atoms. The van der Waals surface area contributed by atoms with Crippen LogP contribution in [0.25, 0.3) is 10.7 Å². The summed E-state index contributed by atoms with van der Waals surface area (Å²) < 4.78 is 0. The van der Waals surface area contributed by atoms with E-state index in [0.717, 1.165) is 27.9 Å². The summed E-state index contributed by atoms with van der Waals surface area (Å²) in [5.74, 6) is 0.902. The van der Waals surface area contributed by atoms with Gasteiger partial charge in [-0.05, 0) is 18.4 Å². The van der Waals surface area contributed by atoms with Gasteiger partial charge in [-0.1, -0.05) is 0 Å². The fraction of sp³-hybridized carbons (Fsp3) is 0.462. The van der Waals surface area contributed by atoms with Gasteiger partial charge >= 0.3 is 0 Å². The molecule has 1 amide bonds. The quantitative estimate of drug-likeness (QED) is 0.719. The van der Waals surface area contributed by atoms with Crippen LogP contribution in [0.3, 0.4) is 0 Å². The predicted octanol–water partition coefficient (Wildman–Crippen LogP) is 2.28. The molecule has 0 radical (unpaired) electrons. The zero-order chi connectivity index (χ0) is 15.1. The van der Waals surface area contributed by atoms with Crippen molar-refractivity contribution in [1.82, 2.24) is 15.3 Å². The maximum Gasteiger partial charge on any atom is 0.270 e. The number of carbonyl (C=O) groups excluding carboxylic acids is 1. The molecule has 0 spiro atoms. The summed E-state index contributed by atoms with van der Waals surface area (Å²) in [5.41, 5.74) is 1.21. The first-order valence-corrected chi connectivity index (χ1v) is 9.68. The summed E-state index contributed by atoms with van der Waals surface area (Å²) in [6.07, 6.45) is 3.56. The van der Waals surface area contributed by atoms with Gasteiger partial charge in [-0.3, -0.25) is 4.79 Å². The van der Waals surface area contributed by atoms with E-state index in [1.165, 1.54) is 22.7 Å². The van der Waals surface area contributed by atoms with E-state index in [-0.39, 0.29) is 12.5 Å². The fourth-order valence-corrected chi connectivity index (χ4v) is 3.66. The van der Waals surface area contributed by atoms with Gasteiger partial charge in [0.1, 0.15) is 16.4 Å². The molecule has 2 rings (SSSR count). The molecule has 0 saturated heterocycles. The molecule has 2 aromatic rings. The molecular formula is C13H17N3O2S3. The Labute approximate surface area is 135 Å². The van der Waals surface area contributed by atoms with Crippen LogP contribution in [-0.2, 0) is 6.42 Å². The second-order valence-corrected chi connectivity index (χ2v) is 7.03. The van der Waals surface area contributed by atoms with Crippen molar-refractivity contribution in [2.24, 2.45) is 0 Å². The number of rotatable bonds is 8. The molecule has 2 aromatic heterocycles. The summed E-state index contributed by atoms with van der Waals surface area (Å²) >= 11 is 4.68. The summed E-state index contributed by atoms with van der Waals surface area (Å²) in [5, 5.41) is 17.0. The van der Waals surface area contributed by atoms with E-state index in [4.69, 9.17) is 5.11 Å². The van der Waals surface area contributed by atoms with Gasteiger partial charge in [-0.25, -0.2) is 9.97 Å². The van der Waals surface area contributed by atoms with Crippen molar-refractivity contribution in [3.05, 3.63) is 21.5 Å². The highest BCUT2D eigenvalue weighted by molar-refractivity contribution is 7.98. The number of thiazole rings is 2. The molecule has 5 nitrogen and oxygen atoms in total. The average Bonchev–Trinajstić information content (AvgIpc) is 3.12. The Bertz CT molecular complexity index is 583. The Balaban J connectivity index is 1.95. The minimum absolute atomic E-state index is 0.0918. The molecule has 0 unspecified atom stereocenters. The number of aliphatic hydroxyl groups is 1. The van der Waals surface area contributed by atoms with Gasteiger partial charge in [0, 0.05) is 30.3 Å². The van der Waals surface area contributed by atoms with Crippen molar-refractivity contribution in [3.8, 4) is 10.7 Å². The fourth-order valence-electron chi connectivity index (χ4n) is 1.62. The number of hydrogen-bond acceptors (Lipinski definition) is 7. The highest BCUT2D eigenvalue weighted by Gasteiger charge is 2.13. The van der Waals surface area contributed by atoms with Gasteiger partial charge in [-0.2, -0.15) is 11.8 Å². The van der Waals surface area contributed by atoms with Gasteiger partial charge in [0.15, 0.2) is 0 Å². The van der Waals surface area contributed by atoms with Crippen LogP contribution in [0.4, 0.5) is 0 Å². The van der Waals surface area contributed by atoms with E-state index in [1.807, 2.05) is 11.6 Å². The number of nitrogens with zero attached hydrogens (tertiary/aromatic N) is 2. The highest BCUT2D eigenvalue weighted by Crippen LogP contribution is 2.25. The Kier molecular flexibility index (Phi) is 6.62. The summed E-state index contributed by atoms with van der Waals surface area (Å²) in [4.78, 5) is 20.7. The van der Waals surface area contributed by atoms with Crippen LogP contribution < -0.4 is 5.32 Å². The number of hydrogen-bond donors (Lipinski definition) is 2. The van der Waals surface area contributed by atoms with Gasteiger partial charge in [0.05, 0.1) is 5.01 Å². The lowest BCUT2D eigenvalue weighted by atomic mass is 10.4. The van der Waals surface area contributed by atoms with Crippen molar-refractivity contribution in [3.63, 3.8) is 0 Å². The number of carbonyl (C=O) groups is 1. The van der Waals surface area contributed by atoms with Gasteiger partial charge < -0.3 is 10.4 Å². The maximum absolute atomic E-state index is 11.9. The number of aromatic nitrogens is 2. The molecule has 2 N–H and O–H groups in total. The normalized spacial score (nSPS) is 10.8. The van der Waals surface area contributed by atoms with Crippen molar-refractivity contribution in [1.29, 1.82) is 0 Å². The van der Waals surface area contributed by atoms with Gasteiger partial charge in [0.25, 0.3) is 5.91 Å². The third-order valence-electron chi connectivity index (χ3n) is 2.64. The Morgan fingerprint density at radius 1 is 1.38 bits per heavy atom. The number of nitrogens with one attached hydrogen (secondary N) is 1. The van der Waals surface area contributed by atoms with Gasteiger partial charge in [-0.15, -0.1) is 22.7 Å². The van der Waals surface area contributed by atoms with Crippen LogP contribution >= 0.6 is 34.4 Å². The number of aliphatic hydroxyl groups excluding tert-OH is 1. The third kappa shape index (κ3) is 4.77. The van der Waals surface area contributed by atoms with Crippen molar-refractivity contribution in [2.45, 2.75) is 12.8 Å². The number of amides is 1. The molecule has 0 aromatic carbocycles. The lowest BCUT2D eigenvalue weighted by Gasteiger charge is -2.01. The molecule has 21 heavy (non-hydrogen) atoms. The SMILES string of the molecule is CSCCCNC(=O)c1csc(-c2csc(CCO)n2)n1. The predicted molar refractivity (Wildman–Crippen MR) is 89.3 cm³/mol. The molecule has 2 heterocycles. The Morgan fingerprint density at radius 2 is 2.24 bits per heavy atom. The number of thioether (sulfide) groups is 1. The lowest BCUT2D eigenvalue weighted by molar-refractivity contribution is 0.0949.